The van der Waals surface area contributed by atoms with Gasteiger partial charge in [-0.05, 0) is 63.2 Å². The highest BCUT2D eigenvalue weighted by Crippen LogP contribution is 2.45. The lowest BCUT2D eigenvalue weighted by molar-refractivity contribution is -0.161. The molecule has 0 aromatic heterocycles. The molecule has 0 aromatic carbocycles. The van der Waals surface area contributed by atoms with Gasteiger partial charge in [0.15, 0.2) is 12.2 Å². The Morgan fingerprint density at radius 3 is 0.845 bits per heavy atom. The van der Waals surface area contributed by atoms with Gasteiger partial charge in [-0.2, -0.15) is 0 Å². The minimum absolute atomic E-state index is 0.101. The van der Waals surface area contributed by atoms with Gasteiger partial charge < -0.3 is 33.8 Å². The molecule has 0 radical (unpaired) electrons. The van der Waals surface area contributed by atoms with Crippen LogP contribution >= 0.6 is 15.6 Å². The third kappa shape index (κ3) is 71.7. The van der Waals surface area contributed by atoms with Crippen LogP contribution in [0.15, 0.2) is 24.3 Å². The number of carbonyl (C=O) groups is 4. The molecule has 572 valence electrons. The van der Waals surface area contributed by atoms with Gasteiger partial charge >= 0.3 is 39.5 Å². The number of carbonyl (C=O) groups excluding carboxylic acids is 4. The Kier molecular flexibility index (Phi) is 67.5. The van der Waals surface area contributed by atoms with Gasteiger partial charge in [0.1, 0.15) is 19.3 Å². The van der Waals surface area contributed by atoms with Crippen LogP contribution in [0.4, 0.5) is 0 Å². The van der Waals surface area contributed by atoms with E-state index in [2.05, 4.69) is 65.8 Å². The maximum atomic E-state index is 13.1. The maximum absolute atomic E-state index is 13.1. The monoisotopic (exact) mass is 1420 g/mol. The first-order chi connectivity index (χ1) is 46.9. The van der Waals surface area contributed by atoms with Crippen molar-refractivity contribution in [3.05, 3.63) is 24.3 Å². The van der Waals surface area contributed by atoms with Crippen LogP contribution in [0.3, 0.4) is 0 Å². The molecule has 19 heteroatoms. The smallest absolute Gasteiger partial charge is 0.462 e. The summed E-state index contributed by atoms with van der Waals surface area (Å²) in [6, 6.07) is 0. The Morgan fingerprint density at radius 2 is 0.557 bits per heavy atom. The molecule has 0 saturated carbocycles. The van der Waals surface area contributed by atoms with E-state index in [1.165, 1.54) is 173 Å². The summed E-state index contributed by atoms with van der Waals surface area (Å²) in [5.41, 5.74) is 0. The predicted molar refractivity (Wildman–Crippen MR) is 395 cm³/mol. The first-order valence-electron chi connectivity index (χ1n) is 39.8. The minimum atomic E-state index is -4.97. The summed E-state index contributed by atoms with van der Waals surface area (Å²) in [4.78, 5) is 72.7. The SMILES string of the molecule is CCCCCC/C=C\C=C/CCCCCCCC(=O)OC[C@H](COP(=O)(O)OC[C@@H](O)COP(=O)(O)OC[C@@H](COC(=O)CCCCCCCCCC)OC(=O)CCCCCCCCCCCCC(C)C)OC(=O)CCCCCCCCCCCCCCCCCCCCC(C)C. The number of hydrogen-bond donors (Lipinski definition) is 3. The number of phosphoric acid groups is 2. The van der Waals surface area contributed by atoms with Crippen LogP contribution in [0.1, 0.15) is 382 Å². The van der Waals surface area contributed by atoms with E-state index < -0.39 is 97.5 Å². The van der Waals surface area contributed by atoms with Crippen LogP contribution in [0.2, 0.25) is 0 Å². The molecule has 0 aliphatic carbocycles. The fraction of sp³-hybridized carbons (Fsp3) is 0.897. The molecule has 3 N–H and O–H groups in total. The number of allylic oxidation sites excluding steroid dienone is 4. The van der Waals surface area contributed by atoms with E-state index in [1.54, 1.807) is 0 Å². The van der Waals surface area contributed by atoms with Crippen molar-refractivity contribution < 1.29 is 80.2 Å². The van der Waals surface area contributed by atoms with Gasteiger partial charge in [-0.15, -0.1) is 0 Å². The molecule has 2 unspecified atom stereocenters. The summed E-state index contributed by atoms with van der Waals surface area (Å²) < 4.78 is 68.5. The molecular weight excluding hydrogens is 1270 g/mol. The average molecular weight is 1420 g/mol. The number of aliphatic hydroxyl groups is 1. The summed E-state index contributed by atoms with van der Waals surface area (Å²) in [6.07, 6.45) is 60.6. The molecule has 97 heavy (non-hydrogen) atoms. The highest BCUT2D eigenvalue weighted by Gasteiger charge is 2.30. The van der Waals surface area contributed by atoms with Crippen molar-refractivity contribution in [1.29, 1.82) is 0 Å². The molecule has 17 nitrogen and oxygen atoms in total. The fourth-order valence-electron chi connectivity index (χ4n) is 11.5. The van der Waals surface area contributed by atoms with E-state index in [0.29, 0.717) is 25.7 Å². The summed E-state index contributed by atoms with van der Waals surface area (Å²) in [6.45, 7) is 9.54. The van der Waals surface area contributed by atoms with Gasteiger partial charge in [-0.1, -0.05) is 329 Å². The van der Waals surface area contributed by atoms with Gasteiger partial charge in [0, 0.05) is 25.7 Å². The fourth-order valence-corrected chi connectivity index (χ4v) is 13.0. The van der Waals surface area contributed by atoms with E-state index in [1.807, 2.05) is 0 Å². The molecule has 0 rings (SSSR count). The molecule has 0 aromatic rings. The van der Waals surface area contributed by atoms with Crippen LogP contribution < -0.4 is 0 Å². The van der Waals surface area contributed by atoms with Crippen molar-refractivity contribution in [2.75, 3.05) is 39.6 Å². The molecule has 0 spiro atoms. The maximum Gasteiger partial charge on any atom is 0.472 e. The standard InChI is InChI=1S/C78H148O17P2/c1-7-9-11-13-15-17-18-19-24-28-31-37-43-49-55-61-76(81)89-67-74(95-77(82)62-56-50-44-38-32-29-26-23-21-20-22-25-27-30-35-40-46-52-58-70(3)4)69-93-97(86,87)91-65-72(79)64-90-96(84,85)92-68-73(66-88-75(80)60-54-48-42-16-14-12-10-8-2)94-78(83)63-57-51-45-39-34-33-36-41-47-53-59-71(5)6/h17-19,24,70-74,79H,7-16,20-23,25-69H2,1-6H3,(H,84,85)(H,86,87)/b18-17-,24-19-/t72-,73+,74+/m0/s1. The zero-order chi connectivity index (χ0) is 71.4. The van der Waals surface area contributed by atoms with Crippen LogP contribution in [0.25, 0.3) is 0 Å². The third-order valence-corrected chi connectivity index (χ3v) is 19.5. The number of aliphatic hydroxyl groups excluding tert-OH is 1. The van der Waals surface area contributed by atoms with E-state index in [9.17, 15) is 43.2 Å². The Labute approximate surface area is 592 Å². The Balaban J connectivity index is 5.22. The van der Waals surface area contributed by atoms with Crippen LogP contribution in [-0.4, -0.2) is 96.7 Å². The zero-order valence-corrected chi connectivity index (χ0v) is 64.7. The van der Waals surface area contributed by atoms with Gasteiger partial charge in [-0.3, -0.25) is 37.3 Å². The highest BCUT2D eigenvalue weighted by atomic mass is 31.2. The van der Waals surface area contributed by atoms with Gasteiger partial charge in [-0.25, -0.2) is 9.13 Å². The lowest BCUT2D eigenvalue weighted by Gasteiger charge is -2.21. The van der Waals surface area contributed by atoms with Crippen molar-refractivity contribution in [3.8, 4) is 0 Å². The number of ether oxygens (including phenoxy) is 4. The first-order valence-corrected chi connectivity index (χ1v) is 42.8. The molecule has 0 heterocycles. The summed E-state index contributed by atoms with van der Waals surface area (Å²) in [7, 11) is -9.92. The average Bonchev–Trinajstić information content (AvgIpc) is 2.65. The van der Waals surface area contributed by atoms with E-state index in [4.69, 9.17) is 37.0 Å². The molecule has 0 fully saturated rings. The number of esters is 4. The number of phosphoric ester groups is 2. The second kappa shape index (κ2) is 69.3. The molecule has 0 bridgehead atoms. The molecule has 0 saturated heterocycles. The van der Waals surface area contributed by atoms with Crippen molar-refractivity contribution >= 4 is 39.5 Å². The second-order valence-corrected chi connectivity index (χ2v) is 31.3. The molecule has 0 aliphatic rings. The van der Waals surface area contributed by atoms with Gasteiger partial charge in [0.2, 0.25) is 0 Å². The van der Waals surface area contributed by atoms with Crippen molar-refractivity contribution in [1.82, 2.24) is 0 Å². The normalized spacial score (nSPS) is 14.1. The van der Waals surface area contributed by atoms with E-state index >= 15 is 0 Å². The van der Waals surface area contributed by atoms with E-state index in [-0.39, 0.29) is 25.7 Å². The number of hydrogen-bond acceptors (Lipinski definition) is 15. The summed E-state index contributed by atoms with van der Waals surface area (Å²) >= 11 is 0. The van der Waals surface area contributed by atoms with Gasteiger partial charge in [0.25, 0.3) is 0 Å². The Bertz CT molecular complexity index is 1970. The first kappa shape index (κ1) is 94.5. The lowest BCUT2D eigenvalue weighted by atomic mass is 10.0. The molecule has 0 aliphatic heterocycles. The third-order valence-electron chi connectivity index (χ3n) is 17.6. The van der Waals surface area contributed by atoms with Crippen LogP contribution in [0, 0.1) is 11.8 Å². The van der Waals surface area contributed by atoms with Crippen molar-refractivity contribution in [2.45, 2.75) is 400 Å². The topological polar surface area (TPSA) is 237 Å². The second-order valence-electron chi connectivity index (χ2n) is 28.4. The number of unbranched alkanes of at least 4 members (excludes halogenated alkanes) is 42. The largest absolute Gasteiger partial charge is 0.472 e. The van der Waals surface area contributed by atoms with Gasteiger partial charge in [0.05, 0.1) is 26.4 Å². The zero-order valence-electron chi connectivity index (χ0n) is 62.9. The Hall–Kier alpha value is -2.46. The predicted octanol–water partition coefficient (Wildman–Crippen LogP) is 22.7. The Morgan fingerprint density at radius 1 is 0.320 bits per heavy atom. The molecule has 5 atom stereocenters. The molecule has 0 amide bonds. The quantitative estimate of drug-likeness (QED) is 0.0169. The summed E-state index contributed by atoms with van der Waals surface area (Å²) in [5.74, 6) is -0.577. The summed E-state index contributed by atoms with van der Waals surface area (Å²) in [5, 5.41) is 10.6. The number of rotatable bonds is 75. The molecular formula is C78H148O17P2. The van der Waals surface area contributed by atoms with Crippen LogP contribution in [-0.2, 0) is 65.4 Å². The van der Waals surface area contributed by atoms with E-state index in [0.717, 1.165) is 127 Å². The highest BCUT2D eigenvalue weighted by molar-refractivity contribution is 7.47. The van der Waals surface area contributed by atoms with Crippen molar-refractivity contribution in [2.24, 2.45) is 11.8 Å². The minimum Gasteiger partial charge on any atom is -0.462 e. The van der Waals surface area contributed by atoms with Crippen LogP contribution in [0.5, 0.6) is 0 Å². The lowest BCUT2D eigenvalue weighted by Crippen LogP contribution is -2.30. The van der Waals surface area contributed by atoms with Crippen molar-refractivity contribution in [3.63, 3.8) is 0 Å².